The number of aliphatic hydroxyl groups excluding tert-OH is 1. The minimum Gasteiger partial charge on any atom is -0.400 e. The number of rotatable bonds is 2. The lowest BCUT2D eigenvalue weighted by Gasteiger charge is -1.92. The first-order valence-corrected chi connectivity index (χ1v) is 4.77. The number of aliphatic hydroxyl groups is 1. The Hall–Kier alpha value is -1.43. The van der Waals surface area contributed by atoms with Gasteiger partial charge in [-0.25, -0.2) is 4.63 Å². The number of carbonyl (C=O) groups excluding carboxylic acids is 1. The molecule has 0 aromatic carbocycles. The van der Waals surface area contributed by atoms with Crippen LogP contribution in [0.2, 0.25) is 0 Å². The first-order valence-electron chi connectivity index (χ1n) is 4.77. The zero-order chi connectivity index (χ0) is 12.3. The van der Waals surface area contributed by atoms with Gasteiger partial charge in [0.1, 0.15) is 5.69 Å². The average Bonchev–Trinajstić information content (AvgIpc) is 2.81. The van der Waals surface area contributed by atoms with Crippen LogP contribution in [0, 0.1) is 0 Å². The summed E-state index contributed by atoms with van der Waals surface area (Å²) < 4.78 is 4.40. The highest BCUT2D eigenvalue weighted by atomic mass is 16.6. The second-order valence-electron chi connectivity index (χ2n) is 1.99. The van der Waals surface area contributed by atoms with Crippen LogP contribution in [0.5, 0.6) is 0 Å². The molecule has 1 aromatic rings. The summed E-state index contributed by atoms with van der Waals surface area (Å²) in [6.07, 6.45) is 0.645. The Balaban J connectivity index is 0. The van der Waals surface area contributed by atoms with Gasteiger partial charge in [-0.2, -0.15) is 0 Å². The maximum absolute atomic E-state index is 11.0. The fourth-order valence-corrected chi connectivity index (χ4v) is 0.729. The summed E-state index contributed by atoms with van der Waals surface area (Å²) in [6, 6.07) is 0. The second kappa shape index (κ2) is 10.6. The minimum atomic E-state index is -0.261. The van der Waals surface area contributed by atoms with Gasteiger partial charge in [0.15, 0.2) is 5.69 Å². The minimum absolute atomic E-state index is 0.261. The molecular weight excluding hydrogens is 198 g/mol. The number of aryl methyl sites for hydroxylation is 1. The normalized spacial score (nSPS) is 7.87. The summed E-state index contributed by atoms with van der Waals surface area (Å²) in [5.41, 5.74) is 0.861. The van der Waals surface area contributed by atoms with Gasteiger partial charge in [0.25, 0.3) is 5.91 Å². The van der Waals surface area contributed by atoms with Crippen LogP contribution in [0.3, 0.4) is 0 Å². The van der Waals surface area contributed by atoms with Gasteiger partial charge in [-0.1, -0.05) is 25.9 Å². The monoisotopic (exact) mass is 217 g/mol. The molecule has 15 heavy (non-hydrogen) atoms. The van der Waals surface area contributed by atoms with Gasteiger partial charge in [-0.3, -0.25) is 4.79 Å². The first kappa shape index (κ1) is 16.0. The van der Waals surface area contributed by atoms with E-state index in [2.05, 4.69) is 20.3 Å². The summed E-state index contributed by atoms with van der Waals surface area (Å²) in [7, 11) is 2.54. The number of carbonyl (C=O) groups is 1. The Morgan fingerprint density at radius 2 is 1.93 bits per heavy atom. The van der Waals surface area contributed by atoms with Crippen LogP contribution < -0.4 is 5.32 Å². The number of aromatic nitrogens is 2. The number of nitrogens with one attached hydrogen (secondary N) is 1. The van der Waals surface area contributed by atoms with Crippen LogP contribution >= 0.6 is 0 Å². The summed E-state index contributed by atoms with van der Waals surface area (Å²) >= 11 is 0. The highest BCUT2D eigenvalue weighted by Gasteiger charge is 2.14. The lowest BCUT2D eigenvalue weighted by molar-refractivity contribution is 0.0952. The quantitative estimate of drug-likeness (QED) is 0.758. The Kier molecular flexibility index (Phi) is 11.4. The maximum Gasteiger partial charge on any atom is 0.275 e. The van der Waals surface area contributed by atoms with Crippen LogP contribution in [-0.2, 0) is 6.42 Å². The van der Waals surface area contributed by atoms with Crippen molar-refractivity contribution >= 4 is 5.91 Å². The van der Waals surface area contributed by atoms with E-state index in [1.165, 1.54) is 7.05 Å². The fourth-order valence-electron chi connectivity index (χ4n) is 0.729. The zero-order valence-electron chi connectivity index (χ0n) is 9.87. The van der Waals surface area contributed by atoms with Crippen molar-refractivity contribution in [3.05, 3.63) is 11.4 Å². The summed E-state index contributed by atoms with van der Waals surface area (Å²) in [4.78, 5) is 11.0. The molecule has 6 heteroatoms. The summed E-state index contributed by atoms with van der Waals surface area (Å²) in [5.74, 6) is -0.261. The molecule has 0 unspecified atom stereocenters. The largest absolute Gasteiger partial charge is 0.400 e. The lowest BCUT2D eigenvalue weighted by atomic mass is 10.2. The molecule has 1 heterocycles. The van der Waals surface area contributed by atoms with Gasteiger partial charge in [-0.15, -0.1) is 0 Å². The van der Waals surface area contributed by atoms with Gasteiger partial charge >= 0.3 is 0 Å². The Morgan fingerprint density at radius 1 is 1.40 bits per heavy atom. The third-order valence-electron chi connectivity index (χ3n) is 1.33. The summed E-state index contributed by atoms with van der Waals surface area (Å²) in [5, 5.41) is 16.5. The molecule has 1 amide bonds. The fraction of sp³-hybridized carbons (Fsp3) is 0.667. The van der Waals surface area contributed by atoms with E-state index in [9.17, 15) is 4.79 Å². The molecule has 1 aromatic heterocycles. The standard InChI is InChI=1S/C6H9N3O2.C2H6.CH4O/c1-3-4-5(6(10)7-2)9-11-8-4;2*1-2/h3H2,1-2H3,(H,7,10);1-2H3;2H,1H3. The first-order chi connectivity index (χ1) is 7.29. The molecule has 0 bridgehead atoms. The molecule has 0 aliphatic rings. The van der Waals surface area contributed by atoms with Crippen molar-refractivity contribution in [3.8, 4) is 0 Å². The number of nitrogens with zero attached hydrogens (tertiary/aromatic N) is 2. The highest BCUT2D eigenvalue weighted by Crippen LogP contribution is 2.01. The van der Waals surface area contributed by atoms with E-state index < -0.39 is 0 Å². The number of hydrogen-bond donors (Lipinski definition) is 2. The zero-order valence-corrected chi connectivity index (χ0v) is 9.87. The van der Waals surface area contributed by atoms with E-state index in [4.69, 9.17) is 5.11 Å². The van der Waals surface area contributed by atoms with Gasteiger partial charge in [0.05, 0.1) is 0 Å². The van der Waals surface area contributed by atoms with Crippen LogP contribution in [0.4, 0.5) is 0 Å². The van der Waals surface area contributed by atoms with Crippen LogP contribution in [0.1, 0.15) is 37.0 Å². The van der Waals surface area contributed by atoms with Gasteiger partial charge in [-0.05, 0) is 11.6 Å². The van der Waals surface area contributed by atoms with E-state index in [0.29, 0.717) is 12.1 Å². The third kappa shape index (κ3) is 5.11. The van der Waals surface area contributed by atoms with Crippen molar-refractivity contribution in [1.82, 2.24) is 15.6 Å². The van der Waals surface area contributed by atoms with Gasteiger partial charge in [0, 0.05) is 14.2 Å². The molecule has 6 nitrogen and oxygen atoms in total. The van der Waals surface area contributed by atoms with E-state index in [0.717, 1.165) is 7.11 Å². The maximum atomic E-state index is 11.0. The number of amides is 1. The molecule has 0 spiro atoms. The summed E-state index contributed by atoms with van der Waals surface area (Å²) in [6.45, 7) is 5.88. The van der Waals surface area contributed by atoms with E-state index in [-0.39, 0.29) is 11.6 Å². The molecule has 1 rings (SSSR count). The SMILES string of the molecule is CC.CCc1nonc1C(=O)NC.CO. The predicted octanol–water partition coefficient (Wildman–Crippen LogP) is 0.626. The molecule has 0 radical (unpaired) electrons. The Labute approximate surface area is 89.6 Å². The topological polar surface area (TPSA) is 88.2 Å². The predicted molar refractivity (Wildman–Crippen MR) is 56.6 cm³/mol. The Morgan fingerprint density at radius 3 is 2.33 bits per heavy atom. The lowest BCUT2D eigenvalue weighted by Crippen LogP contribution is -2.19. The average molecular weight is 217 g/mol. The Bertz CT molecular complexity index is 261. The molecule has 0 fully saturated rings. The van der Waals surface area contributed by atoms with Crippen LogP contribution in [0.25, 0.3) is 0 Å². The van der Waals surface area contributed by atoms with Crippen molar-refractivity contribution in [1.29, 1.82) is 0 Å². The molecule has 88 valence electrons. The van der Waals surface area contributed by atoms with Gasteiger partial charge in [0.2, 0.25) is 0 Å². The molecule has 0 aliphatic carbocycles. The molecule has 0 aliphatic heterocycles. The van der Waals surface area contributed by atoms with Crippen LogP contribution in [-0.4, -0.2) is 35.5 Å². The molecule has 2 N–H and O–H groups in total. The van der Waals surface area contributed by atoms with E-state index in [1.807, 2.05) is 20.8 Å². The highest BCUT2D eigenvalue weighted by molar-refractivity contribution is 5.92. The number of hydrogen-bond acceptors (Lipinski definition) is 5. The van der Waals surface area contributed by atoms with Crippen molar-refractivity contribution < 1.29 is 14.5 Å². The van der Waals surface area contributed by atoms with E-state index in [1.54, 1.807) is 0 Å². The second-order valence-corrected chi connectivity index (χ2v) is 1.99. The van der Waals surface area contributed by atoms with Crippen molar-refractivity contribution in [2.24, 2.45) is 0 Å². The van der Waals surface area contributed by atoms with Crippen molar-refractivity contribution in [3.63, 3.8) is 0 Å². The van der Waals surface area contributed by atoms with Crippen LogP contribution in [0.15, 0.2) is 4.63 Å². The van der Waals surface area contributed by atoms with Crippen molar-refractivity contribution in [2.45, 2.75) is 27.2 Å². The van der Waals surface area contributed by atoms with E-state index >= 15 is 0 Å². The molecule has 0 saturated heterocycles. The molecule has 0 atom stereocenters. The third-order valence-corrected chi connectivity index (χ3v) is 1.33. The van der Waals surface area contributed by atoms with Gasteiger partial charge < -0.3 is 10.4 Å². The molecular formula is C9H19N3O3. The smallest absolute Gasteiger partial charge is 0.275 e. The molecule has 0 saturated carbocycles. The van der Waals surface area contributed by atoms with Crippen molar-refractivity contribution in [2.75, 3.05) is 14.2 Å².